The van der Waals surface area contributed by atoms with Gasteiger partial charge in [0, 0.05) is 11.1 Å². The van der Waals surface area contributed by atoms with Gasteiger partial charge in [0.05, 0.1) is 11.6 Å². The van der Waals surface area contributed by atoms with Crippen molar-refractivity contribution in [2.24, 2.45) is 5.73 Å². The molecule has 1 unspecified atom stereocenters. The zero-order valence-corrected chi connectivity index (χ0v) is 10.6. The van der Waals surface area contributed by atoms with Crippen LogP contribution in [0.2, 0.25) is 0 Å². The van der Waals surface area contributed by atoms with Gasteiger partial charge in [0.1, 0.15) is 11.3 Å². The van der Waals surface area contributed by atoms with Crippen molar-refractivity contribution >= 4 is 28.5 Å². The van der Waals surface area contributed by atoms with Gasteiger partial charge in [0.2, 0.25) is 0 Å². The molecule has 2 heterocycles. The number of carbonyl (C=O) groups is 2. The molecule has 0 saturated carbocycles. The maximum atomic E-state index is 11.5. The number of hydrogen-bond donors (Lipinski definition) is 1. The number of carbonyl (C=O) groups excluding carboxylic acids is 2. The number of nitrogens with zero attached hydrogens (tertiary/aromatic N) is 1. The van der Waals surface area contributed by atoms with Gasteiger partial charge in [-0.25, -0.2) is 0 Å². The van der Waals surface area contributed by atoms with E-state index in [0.29, 0.717) is 12.0 Å². The molecule has 1 amide bonds. The van der Waals surface area contributed by atoms with Gasteiger partial charge in [-0.1, -0.05) is 6.08 Å². The third-order valence-corrected chi connectivity index (χ3v) is 4.23. The highest BCUT2D eigenvalue weighted by molar-refractivity contribution is 7.16. The van der Waals surface area contributed by atoms with E-state index in [9.17, 15) is 9.59 Å². The molecule has 1 aliphatic heterocycles. The van der Waals surface area contributed by atoms with Crippen molar-refractivity contribution < 1.29 is 9.59 Å². The summed E-state index contributed by atoms with van der Waals surface area (Å²) in [5.41, 5.74) is 6.85. The first-order chi connectivity index (χ1) is 8.06. The second kappa shape index (κ2) is 4.33. The number of anilines is 1. The summed E-state index contributed by atoms with van der Waals surface area (Å²) in [6, 6.07) is -0.217. The van der Waals surface area contributed by atoms with E-state index in [-0.39, 0.29) is 6.04 Å². The molecule has 2 N–H and O–H groups in total. The number of primary amides is 1. The van der Waals surface area contributed by atoms with Crippen molar-refractivity contribution in [3.05, 3.63) is 28.3 Å². The van der Waals surface area contributed by atoms with Gasteiger partial charge in [-0.3, -0.25) is 4.79 Å². The number of aldehydes is 1. The lowest BCUT2D eigenvalue weighted by Crippen LogP contribution is -2.29. The molecule has 0 radical (unpaired) electrons. The SMILES string of the molecule is Cc1sc(N2C=CCC2C=O)c(C(N)=O)c1C. The smallest absolute Gasteiger partial charge is 0.251 e. The van der Waals surface area contributed by atoms with Crippen molar-refractivity contribution in [3.63, 3.8) is 0 Å². The molecule has 0 spiro atoms. The van der Waals surface area contributed by atoms with Crippen molar-refractivity contribution in [1.82, 2.24) is 0 Å². The summed E-state index contributed by atoms with van der Waals surface area (Å²) in [5, 5.41) is 0.776. The maximum Gasteiger partial charge on any atom is 0.251 e. The van der Waals surface area contributed by atoms with Crippen LogP contribution >= 0.6 is 11.3 Å². The largest absolute Gasteiger partial charge is 0.365 e. The zero-order chi connectivity index (χ0) is 12.6. The van der Waals surface area contributed by atoms with Gasteiger partial charge in [-0.2, -0.15) is 0 Å². The molecule has 1 aromatic rings. The topological polar surface area (TPSA) is 63.4 Å². The number of thiophene rings is 1. The highest BCUT2D eigenvalue weighted by atomic mass is 32.1. The van der Waals surface area contributed by atoms with Gasteiger partial charge >= 0.3 is 0 Å². The molecule has 17 heavy (non-hydrogen) atoms. The molecule has 0 fully saturated rings. The number of aryl methyl sites for hydroxylation is 1. The lowest BCUT2D eigenvalue weighted by Gasteiger charge is -2.20. The van der Waals surface area contributed by atoms with Gasteiger partial charge in [-0.05, 0) is 25.8 Å². The minimum atomic E-state index is -0.438. The van der Waals surface area contributed by atoms with Crippen LogP contribution in [0.3, 0.4) is 0 Å². The molecule has 1 aromatic heterocycles. The third kappa shape index (κ3) is 1.86. The van der Waals surface area contributed by atoms with E-state index < -0.39 is 5.91 Å². The van der Waals surface area contributed by atoms with Crippen molar-refractivity contribution in [3.8, 4) is 0 Å². The number of hydrogen-bond acceptors (Lipinski definition) is 4. The molecule has 4 nitrogen and oxygen atoms in total. The first-order valence-corrected chi connectivity index (χ1v) is 6.18. The minimum Gasteiger partial charge on any atom is -0.365 e. The summed E-state index contributed by atoms with van der Waals surface area (Å²) >= 11 is 1.50. The first-order valence-electron chi connectivity index (χ1n) is 5.36. The van der Waals surface area contributed by atoms with Crippen LogP contribution in [0.5, 0.6) is 0 Å². The van der Waals surface area contributed by atoms with Crippen LogP contribution in [0.1, 0.15) is 27.2 Å². The summed E-state index contributed by atoms with van der Waals surface area (Å²) in [5.74, 6) is -0.438. The van der Waals surface area contributed by atoms with Gasteiger partial charge in [-0.15, -0.1) is 11.3 Å². The highest BCUT2D eigenvalue weighted by Gasteiger charge is 2.27. The number of amides is 1. The quantitative estimate of drug-likeness (QED) is 0.831. The van der Waals surface area contributed by atoms with Crippen LogP contribution in [0.25, 0.3) is 0 Å². The van der Waals surface area contributed by atoms with E-state index >= 15 is 0 Å². The third-order valence-electron chi connectivity index (χ3n) is 3.01. The Kier molecular flexibility index (Phi) is 3.02. The molecular weight excluding hydrogens is 236 g/mol. The van der Waals surface area contributed by atoms with E-state index in [1.54, 1.807) is 0 Å². The van der Waals surface area contributed by atoms with Crippen LogP contribution in [0, 0.1) is 13.8 Å². The fraction of sp³-hybridized carbons (Fsp3) is 0.333. The normalized spacial score (nSPS) is 18.7. The van der Waals surface area contributed by atoms with Gasteiger partial charge in [0.15, 0.2) is 0 Å². The summed E-state index contributed by atoms with van der Waals surface area (Å²) in [7, 11) is 0. The molecule has 1 aliphatic rings. The van der Waals surface area contributed by atoms with Crippen LogP contribution in [0.4, 0.5) is 5.00 Å². The fourth-order valence-corrected chi connectivity index (χ4v) is 3.16. The Balaban J connectivity index is 2.52. The Labute approximate surface area is 104 Å². The minimum absolute atomic E-state index is 0.217. The summed E-state index contributed by atoms with van der Waals surface area (Å²) < 4.78 is 0. The average Bonchev–Trinajstić information content (AvgIpc) is 2.84. The molecule has 0 bridgehead atoms. The molecular formula is C12H14N2O2S. The fourth-order valence-electron chi connectivity index (χ4n) is 1.96. The predicted octanol–water partition coefficient (Wildman–Crippen LogP) is 1.76. The van der Waals surface area contributed by atoms with Crippen molar-refractivity contribution in [2.45, 2.75) is 26.3 Å². The van der Waals surface area contributed by atoms with Crippen LogP contribution < -0.4 is 10.6 Å². The zero-order valence-electron chi connectivity index (χ0n) is 9.77. The molecule has 2 rings (SSSR count). The monoisotopic (exact) mass is 250 g/mol. The highest BCUT2D eigenvalue weighted by Crippen LogP contribution is 2.37. The molecule has 0 aromatic carbocycles. The molecule has 5 heteroatoms. The summed E-state index contributed by atoms with van der Waals surface area (Å²) in [6.07, 6.45) is 5.34. The maximum absolute atomic E-state index is 11.5. The van der Waals surface area contributed by atoms with Crippen molar-refractivity contribution in [2.75, 3.05) is 4.90 Å². The Morgan fingerprint density at radius 2 is 2.29 bits per heavy atom. The lowest BCUT2D eigenvalue weighted by molar-refractivity contribution is -0.108. The Morgan fingerprint density at radius 3 is 2.88 bits per heavy atom. The van der Waals surface area contributed by atoms with Gasteiger partial charge < -0.3 is 15.4 Å². The van der Waals surface area contributed by atoms with Gasteiger partial charge in [0.25, 0.3) is 5.91 Å². The summed E-state index contributed by atoms with van der Waals surface area (Å²) in [4.78, 5) is 25.4. The molecule has 1 atom stereocenters. The van der Waals surface area contributed by atoms with E-state index in [4.69, 9.17) is 5.73 Å². The second-order valence-electron chi connectivity index (χ2n) is 4.06. The molecule has 90 valence electrons. The Hall–Kier alpha value is -1.62. The number of nitrogens with two attached hydrogens (primary N) is 1. The number of rotatable bonds is 3. The van der Waals surface area contributed by atoms with Crippen LogP contribution in [0.15, 0.2) is 12.3 Å². The lowest BCUT2D eigenvalue weighted by atomic mass is 10.1. The Bertz CT molecular complexity index is 505. The predicted molar refractivity (Wildman–Crippen MR) is 68.4 cm³/mol. The van der Waals surface area contributed by atoms with E-state index in [0.717, 1.165) is 21.7 Å². The van der Waals surface area contributed by atoms with Crippen molar-refractivity contribution in [1.29, 1.82) is 0 Å². The van der Waals surface area contributed by atoms with E-state index in [1.807, 2.05) is 31.0 Å². The average molecular weight is 250 g/mol. The Morgan fingerprint density at radius 1 is 1.59 bits per heavy atom. The molecule has 0 aliphatic carbocycles. The van der Waals surface area contributed by atoms with Crippen LogP contribution in [-0.4, -0.2) is 18.2 Å². The van der Waals surface area contributed by atoms with E-state index in [1.165, 1.54) is 11.3 Å². The van der Waals surface area contributed by atoms with E-state index in [2.05, 4.69) is 0 Å². The first kappa shape index (κ1) is 11.9. The van der Waals surface area contributed by atoms with Crippen LogP contribution in [-0.2, 0) is 4.79 Å². The molecule has 0 saturated heterocycles. The summed E-state index contributed by atoms with van der Waals surface area (Å²) in [6.45, 7) is 3.83. The second-order valence-corrected chi connectivity index (χ2v) is 5.26. The standard InChI is InChI=1S/C12H14N2O2S/c1-7-8(2)17-12(10(7)11(13)16)14-5-3-4-9(14)6-15/h3,5-6,9H,4H2,1-2H3,(H2,13,16).